The van der Waals surface area contributed by atoms with Crippen LogP contribution in [0.5, 0.6) is 5.75 Å². The average molecular weight is 421 g/mol. The van der Waals surface area contributed by atoms with E-state index in [1.807, 2.05) is 6.92 Å². The van der Waals surface area contributed by atoms with E-state index in [1.165, 1.54) is 0 Å². The molecule has 0 spiro atoms. The molecule has 0 saturated carbocycles. The van der Waals surface area contributed by atoms with Crippen LogP contribution in [0.25, 0.3) is 0 Å². The number of rotatable bonds is 5. The standard InChI is InChI=1S/C21H31N3O6/c1-3-22-20(26)10-17-7-8-18-19(30-17)13-29-12-15(25)11-24(18)21(27)23-14-5-4-6-16(9-14)28-2/h4-6,9,15,17-19,25H,3,7-8,10-13H2,1-2H3,(H,22,26)(H,23,27)/t15-,17-,18+,19-/m0/s1. The highest BCUT2D eigenvalue weighted by atomic mass is 16.5. The number of β-amino-alcohol motifs (C(OH)–C–C–N with tert-alkyl or cyclic N) is 1. The van der Waals surface area contributed by atoms with Crippen LogP contribution in [-0.2, 0) is 14.3 Å². The zero-order chi connectivity index (χ0) is 21.5. The van der Waals surface area contributed by atoms with Crippen LogP contribution in [0, 0.1) is 0 Å². The summed E-state index contributed by atoms with van der Waals surface area (Å²) in [6, 6.07) is 6.54. The first kappa shape index (κ1) is 22.3. The summed E-state index contributed by atoms with van der Waals surface area (Å²) < 4.78 is 16.9. The summed E-state index contributed by atoms with van der Waals surface area (Å²) in [5, 5.41) is 15.9. The van der Waals surface area contributed by atoms with E-state index in [1.54, 1.807) is 36.3 Å². The van der Waals surface area contributed by atoms with Crippen LogP contribution in [0.1, 0.15) is 26.2 Å². The number of benzene rings is 1. The summed E-state index contributed by atoms with van der Waals surface area (Å²) in [6.07, 6.45) is 0.245. The molecule has 9 nitrogen and oxygen atoms in total. The van der Waals surface area contributed by atoms with E-state index in [9.17, 15) is 14.7 Å². The number of methoxy groups -OCH3 is 1. The molecule has 2 heterocycles. The molecule has 1 aromatic rings. The highest BCUT2D eigenvalue weighted by molar-refractivity contribution is 5.89. The Kier molecular flexibility index (Phi) is 7.89. The Morgan fingerprint density at radius 1 is 1.30 bits per heavy atom. The summed E-state index contributed by atoms with van der Waals surface area (Å²) >= 11 is 0. The molecule has 2 saturated heterocycles. The molecule has 0 radical (unpaired) electrons. The van der Waals surface area contributed by atoms with Crippen molar-refractivity contribution in [2.45, 2.75) is 50.5 Å². The number of aliphatic hydroxyl groups is 1. The molecular weight excluding hydrogens is 390 g/mol. The first-order valence-electron chi connectivity index (χ1n) is 10.4. The summed E-state index contributed by atoms with van der Waals surface area (Å²) in [4.78, 5) is 26.6. The second-order valence-electron chi connectivity index (χ2n) is 7.60. The Labute approximate surface area is 176 Å². The highest BCUT2D eigenvalue weighted by Crippen LogP contribution is 2.28. The minimum absolute atomic E-state index is 0.0456. The molecule has 3 rings (SSSR count). The largest absolute Gasteiger partial charge is 0.497 e. The predicted octanol–water partition coefficient (Wildman–Crippen LogP) is 1.36. The zero-order valence-electron chi connectivity index (χ0n) is 17.5. The molecule has 9 heteroatoms. The fourth-order valence-corrected chi connectivity index (χ4v) is 3.95. The highest BCUT2D eigenvalue weighted by Gasteiger charge is 2.40. The third kappa shape index (κ3) is 5.84. The normalized spacial score (nSPS) is 26.7. The van der Waals surface area contributed by atoms with Crippen LogP contribution in [0.3, 0.4) is 0 Å². The number of anilines is 1. The lowest BCUT2D eigenvalue weighted by molar-refractivity contribution is -0.149. The lowest BCUT2D eigenvalue weighted by Crippen LogP contribution is -2.58. The number of nitrogens with one attached hydrogen (secondary N) is 2. The maximum Gasteiger partial charge on any atom is 0.322 e. The van der Waals surface area contributed by atoms with Gasteiger partial charge in [0.25, 0.3) is 0 Å². The fraction of sp³-hybridized carbons (Fsp3) is 0.619. The van der Waals surface area contributed by atoms with Crippen LogP contribution in [0.2, 0.25) is 0 Å². The van der Waals surface area contributed by atoms with Gasteiger partial charge in [-0.25, -0.2) is 4.79 Å². The minimum atomic E-state index is -0.782. The van der Waals surface area contributed by atoms with Crippen LogP contribution in [0.15, 0.2) is 24.3 Å². The molecule has 0 aliphatic carbocycles. The number of fused-ring (bicyclic) bond motifs is 1. The number of nitrogens with zero attached hydrogens (tertiary/aromatic N) is 1. The van der Waals surface area contributed by atoms with Gasteiger partial charge in [0.1, 0.15) is 11.9 Å². The second kappa shape index (κ2) is 10.6. The summed E-state index contributed by atoms with van der Waals surface area (Å²) in [5.74, 6) is 0.594. The molecule has 2 fully saturated rings. The predicted molar refractivity (Wildman–Crippen MR) is 111 cm³/mol. The van der Waals surface area contributed by atoms with Crippen LogP contribution >= 0.6 is 0 Å². The monoisotopic (exact) mass is 421 g/mol. The fourth-order valence-electron chi connectivity index (χ4n) is 3.95. The summed E-state index contributed by atoms with van der Waals surface area (Å²) in [7, 11) is 1.57. The van der Waals surface area contributed by atoms with Crippen molar-refractivity contribution in [3.05, 3.63) is 24.3 Å². The van der Waals surface area contributed by atoms with Gasteiger partial charge in [-0.2, -0.15) is 0 Å². The first-order chi connectivity index (χ1) is 14.5. The third-order valence-electron chi connectivity index (χ3n) is 5.35. The van der Waals surface area contributed by atoms with Crippen LogP contribution < -0.4 is 15.4 Å². The quantitative estimate of drug-likeness (QED) is 0.662. The van der Waals surface area contributed by atoms with E-state index in [0.717, 1.165) is 0 Å². The lowest BCUT2D eigenvalue weighted by atomic mass is 9.95. The van der Waals surface area contributed by atoms with Crippen molar-refractivity contribution < 1.29 is 28.9 Å². The van der Waals surface area contributed by atoms with Gasteiger partial charge in [0.2, 0.25) is 5.91 Å². The van der Waals surface area contributed by atoms with Gasteiger partial charge in [-0.1, -0.05) is 6.07 Å². The topological polar surface area (TPSA) is 109 Å². The molecular formula is C21H31N3O6. The molecule has 0 bridgehead atoms. The molecule has 166 valence electrons. The summed E-state index contributed by atoms with van der Waals surface area (Å²) in [6.45, 7) is 2.98. The van der Waals surface area contributed by atoms with Crippen molar-refractivity contribution in [3.8, 4) is 5.75 Å². The van der Waals surface area contributed by atoms with E-state index in [4.69, 9.17) is 14.2 Å². The summed E-state index contributed by atoms with van der Waals surface area (Å²) in [5.41, 5.74) is 0.606. The van der Waals surface area contributed by atoms with Gasteiger partial charge in [-0.15, -0.1) is 0 Å². The number of ether oxygens (including phenoxy) is 3. The maximum atomic E-state index is 13.1. The van der Waals surface area contributed by atoms with Crippen LogP contribution in [0.4, 0.5) is 10.5 Å². The number of hydrogen-bond donors (Lipinski definition) is 3. The van der Waals surface area contributed by atoms with E-state index < -0.39 is 6.10 Å². The number of hydrogen-bond acceptors (Lipinski definition) is 6. The lowest BCUT2D eigenvalue weighted by Gasteiger charge is -2.44. The minimum Gasteiger partial charge on any atom is -0.497 e. The van der Waals surface area contributed by atoms with Crippen molar-refractivity contribution >= 4 is 17.6 Å². The van der Waals surface area contributed by atoms with Gasteiger partial charge in [0, 0.05) is 18.3 Å². The van der Waals surface area contributed by atoms with Gasteiger partial charge in [0.05, 0.1) is 51.5 Å². The number of urea groups is 1. The molecule has 2 aliphatic heterocycles. The van der Waals surface area contributed by atoms with E-state index in [2.05, 4.69) is 10.6 Å². The zero-order valence-corrected chi connectivity index (χ0v) is 17.5. The SMILES string of the molecule is CCNC(=O)C[C@@H]1CC[C@@H]2[C@H](COC[C@@H](O)CN2C(=O)Nc2cccc(OC)c2)O1. The van der Waals surface area contributed by atoms with Gasteiger partial charge in [-0.3, -0.25) is 4.79 Å². The Bertz CT molecular complexity index is 730. The van der Waals surface area contributed by atoms with Crippen LogP contribution in [-0.4, -0.2) is 79.7 Å². The molecule has 0 unspecified atom stereocenters. The first-order valence-corrected chi connectivity index (χ1v) is 10.4. The molecule has 1 aromatic carbocycles. The molecule has 0 aromatic heterocycles. The molecule has 3 N–H and O–H groups in total. The number of carbonyl (C=O) groups is 2. The maximum absolute atomic E-state index is 13.1. The van der Waals surface area contributed by atoms with Gasteiger partial charge in [0.15, 0.2) is 0 Å². The van der Waals surface area contributed by atoms with Gasteiger partial charge in [-0.05, 0) is 31.9 Å². The van der Waals surface area contributed by atoms with Gasteiger partial charge >= 0.3 is 6.03 Å². The Morgan fingerprint density at radius 3 is 2.90 bits per heavy atom. The van der Waals surface area contributed by atoms with Crippen molar-refractivity contribution in [2.75, 3.05) is 38.7 Å². The Balaban J connectivity index is 1.70. The molecule has 30 heavy (non-hydrogen) atoms. The van der Waals surface area contributed by atoms with Crippen molar-refractivity contribution in [2.24, 2.45) is 0 Å². The van der Waals surface area contributed by atoms with Crippen molar-refractivity contribution in [3.63, 3.8) is 0 Å². The van der Waals surface area contributed by atoms with E-state index in [0.29, 0.717) is 30.8 Å². The Hall–Kier alpha value is -2.36. The van der Waals surface area contributed by atoms with E-state index in [-0.39, 0.29) is 56.4 Å². The van der Waals surface area contributed by atoms with Gasteiger partial charge < -0.3 is 34.9 Å². The Morgan fingerprint density at radius 2 is 2.13 bits per heavy atom. The number of aliphatic hydroxyl groups excluding tert-OH is 1. The third-order valence-corrected chi connectivity index (χ3v) is 5.35. The smallest absolute Gasteiger partial charge is 0.322 e. The second-order valence-corrected chi connectivity index (χ2v) is 7.60. The van der Waals surface area contributed by atoms with E-state index >= 15 is 0 Å². The van der Waals surface area contributed by atoms with Crippen molar-refractivity contribution in [1.82, 2.24) is 10.2 Å². The molecule has 2 aliphatic rings. The molecule has 3 amide bonds. The number of amides is 3. The van der Waals surface area contributed by atoms with Crippen molar-refractivity contribution in [1.29, 1.82) is 0 Å². The number of carbonyl (C=O) groups excluding carboxylic acids is 2. The average Bonchev–Trinajstić information content (AvgIpc) is 2.71. The molecule has 4 atom stereocenters.